The third kappa shape index (κ3) is 4.41. The second-order valence-electron chi connectivity index (χ2n) is 5.03. The van der Waals surface area contributed by atoms with Crippen LogP contribution in [0, 0.1) is 29.1 Å². The van der Waals surface area contributed by atoms with Crippen LogP contribution in [0.2, 0.25) is 0 Å². The fourth-order valence-corrected chi connectivity index (χ4v) is 1.81. The van der Waals surface area contributed by atoms with E-state index in [1.165, 1.54) is 24.3 Å². The fourth-order valence-electron chi connectivity index (χ4n) is 1.81. The van der Waals surface area contributed by atoms with Crippen LogP contribution >= 0.6 is 0 Å². The number of carbonyl (C=O) groups is 1. The third-order valence-electron chi connectivity index (χ3n) is 3.15. The minimum absolute atomic E-state index is 0.0817. The van der Waals surface area contributed by atoms with Crippen LogP contribution in [0.5, 0.6) is 17.2 Å². The molecule has 0 unspecified atom stereocenters. The maximum atomic E-state index is 13.4. The molecule has 0 bridgehead atoms. The summed E-state index contributed by atoms with van der Waals surface area (Å²) in [4.78, 5) is 11.5. The minimum atomic E-state index is -2.36. The Labute approximate surface area is 145 Å². The van der Waals surface area contributed by atoms with E-state index in [0.29, 0.717) is 12.4 Å². The molecule has 0 saturated carbocycles. The predicted molar refractivity (Wildman–Crippen MR) is 79.7 cm³/mol. The zero-order chi connectivity index (χ0) is 19.3. The fraction of sp³-hybridized carbons (Fsp3) is 0.235. The number of benzene rings is 2. The van der Waals surface area contributed by atoms with Gasteiger partial charge in [-0.25, -0.2) is 18.0 Å². The summed E-state index contributed by atoms with van der Waals surface area (Å²) in [5.74, 6) is -12.7. The van der Waals surface area contributed by atoms with Gasteiger partial charge in [-0.3, -0.25) is 0 Å². The van der Waals surface area contributed by atoms with Crippen molar-refractivity contribution >= 4 is 6.16 Å². The van der Waals surface area contributed by atoms with Crippen molar-refractivity contribution in [2.45, 2.75) is 19.8 Å². The Morgan fingerprint density at radius 3 is 1.85 bits per heavy atom. The summed E-state index contributed by atoms with van der Waals surface area (Å²) in [5, 5.41) is 0. The molecular weight excluding hydrogens is 363 g/mol. The van der Waals surface area contributed by atoms with Crippen molar-refractivity contribution in [2.75, 3.05) is 6.61 Å². The number of halogens is 5. The summed E-state index contributed by atoms with van der Waals surface area (Å²) >= 11 is 0. The van der Waals surface area contributed by atoms with Gasteiger partial charge in [-0.15, -0.1) is 0 Å². The van der Waals surface area contributed by atoms with E-state index in [0.717, 1.165) is 12.8 Å². The Bertz CT molecular complexity index is 764. The zero-order valence-corrected chi connectivity index (χ0v) is 13.5. The minimum Gasteiger partial charge on any atom is -0.494 e. The molecule has 0 spiro atoms. The molecule has 0 radical (unpaired) electrons. The van der Waals surface area contributed by atoms with Crippen molar-refractivity contribution < 1.29 is 41.0 Å². The van der Waals surface area contributed by atoms with Crippen LogP contribution in [0.4, 0.5) is 26.7 Å². The van der Waals surface area contributed by atoms with Crippen LogP contribution in [0.3, 0.4) is 0 Å². The highest BCUT2D eigenvalue weighted by molar-refractivity contribution is 5.67. The van der Waals surface area contributed by atoms with E-state index in [9.17, 15) is 26.7 Å². The van der Waals surface area contributed by atoms with E-state index in [1.807, 2.05) is 6.92 Å². The zero-order valence-electron chi connectivity index (χ0n) is 13.5. The highest BCUT2D eigenvalue weighted by atomic mass is 19.2. The molecule has 0 atom stereocenters. The van der Waals surface area contributed by atoms with Gasteiger partial charge in [0, 0.05) is 0 Å². The van der Waals surface area contributed by atoms with E-state index in [-0.39, 0.29) is 5.75 Å². The summed E-state index contributed by atoms with van der Waals surface area (Å²) in [7, 11) is 0. The molecule has 0 amide bonds. The Morgan fingerprint density at radius 1 is 0.808 bits per heavy atom. The summed E-state index contributed by atoms with van der Waals surface area (Å²) in [6.45, 7) is 2.50. The summed E-state index contributed by atoms with van der Waals surface area (Å²) in [6, 6.07) is 5.55. The Balaban J connectivity index is 2.05. The van der Waals surface area contributed by atoms with Crippen molar-refractivity contribution in [3.63, 3.8) is 0 Å². The Hall–Kier alpha value is -2.84. The molecule has 140 valence electrons. The molecule has 4 nitrogen and oxygen atoms in total. The molecule has 2 rings (SSSR count). The van der Waals surface area contributed by atoms with E-state index in [1.54, 1.807) is 0 Å². The molecule has 0 heterocycles. The molecule has 0 aliphatic carbocycles. The molecule has 0 saturated heterocycles. The quantitative estimate of drug-likeness (QED) is 0.175. The summed E-state index contributed by atoms with van der Waals surface area (Å²) < 4.78 is 80.0. The van der Waals surface area contributed by atoms with Gasteiger partial charge in [0.05, 0.1) is 6.61 Å². The van der Waals surface area contributed by atoms with Gasteiger partial charge in [0.1, 0.15) is 11.5 Å². The van der Waals surface area contributed by atoms with Gasteiger partial charge in [-0.1, -0.05) is 13.3 Å². The van der Waals surface area contributed by atoms with Crippen LogP contribution < -0.4 is 14.2 Å². The summed E-state index contributed by atoms with van der Waals surface area (Å²) in [5.41, 5.74) is 0. The van der Waals surface area contributed by atoms with E-state index in [4.69, 9.17) is 4.74 Å². The molecule has 0 N–H and O–H groups in total. The smallest absolute Gasteiger partial charge is 0.494 e. The molecule has 0 aliphatic rings. The molecule has 9 heteroatoms. The molecule has 2 aromatic rings. The van der Waals surface area contributed by atoms with Gasteiger partial charge in [0.25, 0.3) is 0 Å². The molecule has 0 aromatic heterocycles. The van der Waals surface area contributed by atoms with Crippen LogP contribution in [0.25, 0.3) is 0 Å². The lowest BCUT2D eigenvalue weighted by molar-refractivity contribution is 0.146. The average Bonchev–Trinajstić information content (AvgIpc) is 2.63. The van der Waals surface area contributed by atoms with Gasteiger partial charge in [-0.2, -0.15) is 8.78 Å². The first-order valence-corrected chi connectivity index (χ1v) is 7.49. The second-order valence-corrected chi connectivity index (χ2v) is 5.03. The standard InChI is InChI=1S/C17H13F5O4/c1-2-3-8-24-9-4-6-10(7-5-9)25-17(23)26-16-14(21)12(19)11(18)13(20)15(16)22/h4-7H,2-3,8H2,1H3. The second kappa shape index (κ2) is 8.50. The monoisotopic (exact) mass is 376 g/mol. The van der Waals surface area contributed by atoms with E-state index >= 15 is 0 Å². The Morgan fingerprint density at radius 2 is 1.31 bits per heavy atom. The number of carbonyl (C=O) groups excluding carboxylic acids is 1. The van der Waals surface area contributed by atoms with Gasteiger partial charge < -0.3 is 14.2 Å². The lowest BCUT2D eigenvalue weighted by Crippen LogP contribution is -2.17. The van der Waals surface area contributed by atoms with Crippen molar-refractivity contribution in [3.8, 4) is 17.2 Å². The first-order chi connectivity index (χ1) is 12.3. The topological polar surface area (TPSA) is 44.8 Å². The van der Waals surface area contributed by atoms with E-state index in [2.05, 4.69) is 9.47 Å². The van der Waals surface area contributed by atoms with Crippen LogP contribution in [0.1, 0.15) is 19.8 Å². The average molecular weight is 376 g/mol. The normalized spacial score (nSPS) is 10.5. The Kier molecular flexibility index (Phi) is 6.37. The van der Waals surface area contributed by atoms with Crippen LogP contribution in [-0.4, -0.2) is 12.8 Å². The third-order valence-corrected chi connectivity index (χ3v) is 3.15. The SMILES string of the molecule is CCCCOc1ccc(OC(=O)Oc2c(F)c(F)c(F)c(F)c2F)cc1. The molecule has 26 heavy (non-hydrogen) atoms. The van der Waals surface area contributed by atoms with Gasteiger partial charge in [-0.05, 0) is 30.7 Å². The number of ether oxygens (including phenoxy) is 3. The molecular formula is C17H13F5O4. The largest absolute Gasteiger partial charge is 0.519 e. The lowest BCUT2D eigenvalue weighted by atomic mass is 10.3. The van der Waals surface area contributed by atoms with E-state index < -0.39 is 41.0 Å². The van der Waals surface area contributed by atoms with Crippen LogP contribution in [0.15, 0.2) is 24.3 Å². The van der Waals surface area contributed by atoms with Crippen molar-refractivity contribution in [1.29, 1.82) is 0 Å². The van der Waals surface area contributed by atoms with Crippen molar-refractivity contribution in [1.82, 2.24) is 0 Å². The molecule has 0 fully saturated rings. The number of hydrogen-bond acceptors (Lipinski definition) is 4. The number of hydrogen-bond donors (Lipinski definition) is 0. The first kappa shape index (κ1) is 19.5. The maximum Gasteiger partial charge on any atom is 0.519 e. The highest BCUT2D eigenvalue weighted by Gasteiger charge is 2.29. The van der Waals surface area contributed by atoms with Crippen molar-refractivity contribution in [2.24, 2.45) is 0 Å². The van der Waals surface area contributed by atoms with Crippen LogP contribution in [-0.2, 0) is 0 Å². The predicted octanol–water partition coefficient (Wildman–Crippen LogP) is 5.14. The summed E-state index contributed by atoms with van der Waals surface area (Å²) in [6.07, 6.45) is 0.130. The highest BCUT2D eigenvalue weighted by Crippen LogP contribution is 2.29. The van der Waals surface area contributed by atoms with Crippen molar-refractivity contribution in [3.05, 3.63) is 53.4 Å². The van der Waals surface area contributed by atoms with Gasteiger partial charge in [0.15, 0.2) is 0 Å². The molecule has 0 aliphatic heterocycles. The van der Waals surface area contributed by atoms with Gasteiger partial charge in [0.2, 0.25) is 34.8 Å². The molecule has 2 aromatic carbocycles. The lowest BCUT2D eigenvalue weighted by Gasteiger charge is -2.09. The number of rotatable bonds is 6. The first-order valence-electron chi connectivity index (χ1n) is 7.49. The number of unbranched alkanes of at least 4 members (excludes halogenated alkanes) is 1. The maximum absolute atomic E-state index is 13.4. The van der Waals surface area contributed by atoms with Gasteiger partial charge >= 0.3 is 6.16 Å².